The van der Waals surface area contributed by atoms with Crippen molar-refractivity contribution in [3.63, 3.8) is 0 Å². The van der Waals surface area contributed by atoms with Crippen LogP contribution in [0.3, 0.4) is 0 Å². The number of aromatic carboxylic acids is 1. The van der Waals surface area contributed by atoms with Crippen LogP contribution in [-0.4, -0.2) is 33.4 Å². The third-order valence-electron chi connectivity index (χ3n) is 4.05. The standard InChI is InChI=1S/C19H16N2O5/c1-9(11-7-13(20)18(23)15(8-11)26-2)14-6-4-10-3-5-12(19(24)25)17(22)16(10)21-14/h3-8,22-23H,1,20H2,2H3,(H,24,25). The number of nitrogens with zero attached hydrogens (tertiary/aromatic N) is 1. The largest absolute Gasteiger partial charge is 0.505 e. The van der Waals surface area contributed by atoms with Gasteiger partial charge in [-0.15, -0.1) is 0 Å². The van der Waals surface area contributed by atoms with Crippen LogP contribution in [0.5, 0.6) is 17.2 Å². The summed E-state index contributed by atoms with van der Waals surface area (Å²) >= 11 is 0. The van der Waals surface area contributed by atoms with Crippen LogP contribution < -0.4 is 10.5 Å². The van der Waals surface area contributed by atoms with E-state index in [2.05, 4.69) is 11.6 Å². The summed E-state index contributed by atoms with van der Waals surface area (Å²) in [6.07, 6.45) is 0. The van der Waals surface area contributed by atoms with Crippen LogP contribution >= 0.6 is 0 Å². The number of nitrogens with two attached hydrogens (primary N) is 1. The number of aromatic nitrogens is 1. The number of pyridine rings is 1. The second-order valence-corrected chi connectivity index (χ2v) is 5.63. The Balaban J connectivity index is 2.13. The number of carboxylic acids is 1. The van der Waals surface area contributed by atoms with Gasteiger partial charge in [0.15, 0.2) is 17.2 Å². The lowest BCUT2D eigenvalue weighted by Gasteiger charge is -2.12. The minimum absolute atomic E-state index is 0.122. The Labute approximate surface area is 148 Å². The molecule has 5 N–H and O–H groups in total. The topological polar surface area (TPSA) is 126 Å². The Morgan fingerprint density at radius 2 is 1.85 bits per heavy atom. The van der Waals surface area contributed by atoms with Crippen molar-refractivity contribution in [2.24, 2.45) is 0 Å². The molecule has 0 atom stereocenters. The summed E-state index contributed by atoms with van der Waals surface area (Å²) in [4.78, 5) is 15.5. The molecule has 3 rings (SSSR count). The maximum Gasteiger partial charge on any atom is 0.339 e. The normalized spacial score (nSPS) is 10.7. The van der Waals surface area contributed by atoms with Gasteiger partial charge in [-0.3, -0.25) is 0 Å². The van der Waals surface area contributed by atoms with E-state index in [9.17, 15) is 15.0 Å². The number of benzene rings is 2. The molecule has 2 aromatic carbocycles. The van der Waals surface area contributed by atoms with Crippen LogP contribution in [0, 0.1) is 0 Å². The van der Waals surface area contributed by atoms with Crippen molar-refractivity contribution >= 4 is 28.1 Å². The van der Waals surface area contributed by atoms with E-state index < -0.39 is 11.7 Å². The predicted octanol–water partition coefficient (Wildman–Crippen LogP) is 3.00. The Hall–Kier alpha value is -3.74. The first kappa shape index (κ1) is 17.1. The monoisotopic (exact) mass is 352 g/mol. The first-order valence-corrected chi connectivity index (χ1v) is 7.55. The summed E-state index contributed by atoms with van der Waals surface area (Å²) in [5.41, 5.74) is 7.28. The average Bonchev–Trinajstić information content (AvgIpc) is 2.63. The fraction of sp³-hybridized carbons (Fsp3) is 0.0526. The molecule has 0 saturated carbocycles. The molecule has 0 fully saturated rings. The molecule has 0 aliphatic carbocycles. The zero-order valence-corrected chi connectivity index (χ0v) is 13.9. The fourth-order valence-electron chi connectivity index (χ4n) is 2.62. The van der Waals surface area contributed by atoms with Crippen LogP contribution in [0.1, 0.15) is 21.6 Å². The van der Waals surface area contributed by atoms with Crippen LogP contribution in [0.25, 0.3) is 16.5 Å². The lowest BCUT2D eigenvalue weighted by Crippen LogP contribution is -1.99. The van der Waals surface area contributed by atoms with E-state index in [1.807, 2.05) is 0 Å². The number of carboxylic acid groups (broad SMARTS) is 1. The van der Waals surface area contributed by atoms with E-state index in [-0.39, 0.29) is 28.3 Å². The Morgan fingerprint density at radius 1 is 1.15 bits per heavy atom. The number of fused-ring (bicyclic) bond motifs is 1. The van der Waals surface area contributed by atoms with Gasteiger partial charge in [0.1, 0.15) is 11.1 Å². The van der Waals surface area contributed by atoms with Crippen LogP contribution in [0.2, 0.25) is 0 Å². The van der Waals surface area contributed by atoms with Gasteiger partial charge in [0.25, 0.3) is 0 Å². The van der Waals surface area contributed by atoms with E-state index in [0.717, 1.165) is 0 Å². The van der Waals surface area contributed by atoms with Gasteiger partial charge in [-0.1, -0.05) is 18.7 Å². The van der Waals surface area contributed by atoms with Crippen molar-refractivity contribution in [1.29, 1.82) is 0 Å². The van der Waals surface area contributed by atoms with Gasteiger partial charge in [-0.05, 0) is 29.8 Å². The minimum atomic E-state index is -1.24. The smallest absolute Gasteiger partial charge is 0.339 e. The van der Waals surface area contributed by atoms with Crippen molar-refractivity contribution in [1.82, 2.24) is 4.98 Å². The SMILES string of the molecule is C=C(c1cc(N)c(O)c(OC)c1)c1ccc2ccc(C(=O)O)c(O)c2n1. The molecule has 0 aliphatic rings. The van der Waals surface area contributed by atoms with E-state index >= 15 is 0 Å². The van der Waals surface area contributed by atoms with Crippen LogP contribution in [-0.2, 0) is 0 Å². The number of ether oxygens (including phenoxy) is 1. The van der Waals surface area contributed by atoms with Crippen molar-refractivity contribution in [2.45, 2.75) is 0 Å². The molecule has 7 nitrogen and oxygen atoms in total. The molecular weight excluding hydrogens is 336 g/mol. The average molecular weight is 352 g/mol. The van der Waals surface area contributed by atoms with E-state index in [0.29, 0.717) is 22.2 Å². The van der Waals surface area contributed by atoms with Gasteiger partial charge >= 0.3 is 5.97 Å². The number of phenolic OH excluding ortho intramolecular Hbond substituents is 1. The van der Waals surface area contributed by atoms with Gasteiger partial charge in [-0.25, -0.2) is 9.78 Å². The molecule has 3 aromatic rings. The van der Waals surface area contributed by atoms with Crippen molar-refractivity contribution < 1.29 is 24.9 Å². The first-order valence-electron chi connectivity index (χ1n) is 7.55. The quantitative estimate of drug-likeness (QED) is 0.420. The van der Waals surface area contributed by atoms with Crippen molar-refractivity contribution in [3.8, 4) is 17.2 Å². The molecule has 7 heteroatoms. The molecule has 0 saturated heterocycles. The van der Waals surface area contributed by atoms with Crippen LogP contribution in [0.4, 0.5) is 5.69 Å². The van der Waals surface area contributed by atoms with Gasteiger partial charge < -0.3 is 25.8 Å². The molecule has 132 valence electrons. The van der Waals surface area contributed by atoms with Gasteiger partial charge in [0.2, 0.25) is 0 Å². The summed E-state index contributed by atoms with van der Waals surface area (Å²) in [5, 5.41) is 29.8. The molecule has 0 bridgehead atoms. The zero-order chi connectivity index (χ0) is 19.0. The second kappa shape index (κ2) is 6.29. The molecule has 0 unspecified atom stereocenters. The summed E-state index contributed by atoms with van der Waals surface area (Å²) in [7, 11) is 1.40. The number of hydrogen-bond acceptors (Lipinski definition) is 6. The number of hydrogen-bond donors (Lipinski definition) is 4. The summed E-state index contributed by atoms with van der Waals surface area (Å²) in [6, 6.07) is 9.38. The number of carbonyl (C=O) groups is 1. The first-order chi connectivity index (χ1) is 12.3. The van der Waals surface area contributed by atoms with Gasteiger partial charge in [0, 0.05) is 11.0 Å². The number of phenols is 2. The summed E-state index contributed by atoms with van der Waals surface area (Å²) in [6.45, 7) is 3.98. The molecular formula is C19H16N2O5. The van der Waals surface area contributed by atoms with E-state index in [4.69, 9.17) is 15.6 Å². The van der Waals surface area contributed by atoms with Crippen molar-refractivity contribution in [3.05, 3.63) is 59.8 Å². The molecule has 0 radical (unpaired) electrons. The van der Waals surface area contributed by atoms with Gasteiger partial charge in [0.05, 0.1) is 18.5 Å². The highest BCUT2D eigenvalue weighted by atomic mass is 16.5. The third-order valence-corrected chi connectivity index (χ3v) is 4.05. The summed E-state index contributed by atoms with van der Waals surface area (Å²) in [5.74, 6) is -1.63. The number of methoxy groups -OCH3 is 1. The lowest BCUT2D eigenvalue weighted by atomic mass is 10.0. The predicted molar refractivity (Wildman–Crippen MR) is 97.6 cm³/mol. The molecule has 0 aliphatic heterocycles. The highest BCUT2D eigenvalue weighted by Crippen LogP contribution is 2.37. The Morgan fingerprint density at radius 3 is 2.50 bits per heavy atom. The summed E-state index contributed by atoms with van der Waals surface area (Å²) < 4.78 is 5.09. The molecule has 1 heterocycles. The fourth-order valence-corrected chi connectivity index (χ4v) is 2.62. The number of anilines is 1. The molecule has 26 heavy (non-hydrogen) atoms. The number of nitrogen functional groups attached to an aromatic ring is 1. The van der Waals surface area contributed by atoms with E-state index in [1.165, 1.54) is 19.2 Å². The maximum absolute atomic E-state index is 11.2. The number of rotatable bonds is 4. The lowest BCUT2D eigenvalue weighted by molar-refractivity contribution is 0.0694. The maximum atomic E-state index is 11.2. The Bertz CT molecular complexity index is 1060. The van der Waals surface area contributed by atoms with E-state index in [1.54, 1.807) is 24.3 Å². The molecule has 0 spiro atoms. The second-order valence-electron chi connectivity index (χ2n) is 5.63. The van der Waals surface area contributed by atoms with Crippen LogP contribution in [0.15, 0.2) is 43.0 Å². The highest BCUT2D eigenvalue weighted by molar-refractivity contribution is 5.99. The molecule has 1 aromatic heterocycles. The van der Waals surface area contributed by atoms with Crippen molar-refractivity contribution in [2.75, 3.05) is 12.8 Å². The highest BCUT2D eigenvalue weighted by Gasteiger charge is 2.16. The molecule has 0 amide bonds. The zero-order valence-electron chi connectivity index (χ0n) is 13.9. The Kier molecular flexibility index (Phi) is 4.13. The minimum Gasteiger partial charge on any atom is -0.505 e. The van der Waals surface area contributed by atoms with Gasteiger partial charge in [-0.2, -0.15) is 0 Å². The third kappa shape index (κ3) is 2.75. The number of aromatic hydroxyl groups is 2.